The summed E-state index contributed by atoms with van der Waals surface area (Å²) in [6.07, 6.45) is 2.40. The van der Waals surface area contributed by atoms with Crippen LogP contribution in [0.1, 0.15) is 58.9 Å². The smallest absolute Gasteiger partial charge is 0.427 e. The predicted octanol–water partition coefficient (Wildman–Crippen LogP) is 6.01. The van der Waals surface area contributed by atoms with Crippen LogP contribution < -0.4 is 15.0 Å². The van der Waals surface area contributed by atoms with Gasteiger partial charge in [0.25, 0.3) is 5.91 Å². The maximum Gasteiger partial charge on any atom is 0.427 e. The second-order valence-corrected chi connectivity index (χ2v) is 14.8. The van der Waals surface area contributed by atoms with Crippen molar-refractivity contribution in [1.82, 2.24) is 10.4 Å². The molecule has 274 valence electrons. The molecule has 2 aromatic carbocycles. The molecule has 3 fully saturated rings. The topological polar surface area (TPSA) is 192 Å². The van der Waals surface area contributed by atoms with Crippen LogP contribution in [0.2, 0.25) is 10.0 Å². The van der Waals surface area contributed by atoms with Crippen molar-refractivity contribution in [3.8, 4) is 5.75 Å². The Morgan fingerprint density at radius 1 is 1.10 bits per heavy atom. The Bertz CT molecular complexity index is 1670. The van der Waals surface area contributed by atoms with Gasteiger partial charge in [-0.3, -0.25) is 29.1 Å². The van der Waals surface area contributed by atoms with Crippen LogP contribution in [0.4, 0.5) is 14.9 Å². The van der Waals surface area contributed by atoms with Gasteiger partial charge in [0.1, 0.15) is 11.6 Å². The molecule has 2 aromatic rings. The minimum Gasteiger partial charge on any atom is -0.489 e. The maximum absolute atomic E-state index is 14.3. The fourth-order valence-corrected chi connectivity index (χ4v) is 5.55. The van der Waals surface area contributed by atoms with Crippen LogP contribution in [-0.4, -0.2) is 69.4 Å². The molecule has 2 aliphatic heterocycles. The number of nitrogens with zero attached hydrogens (tertiary/aromatic N) is 2. The van der Waals surface area contributed by atoms with Gasteiger partial charge in [-0.15, -0.1) is 0 Å². The first kappa shape index (κ1) is 40.9. The molecule has 0 spiro atoms. The van der Waals surface area contributed by atoms with Crippen molar-refractivity contribution in [1.29, 1.82) is 0 Å². The molecular weight excluding hydrogens is 723 g/mol. The lowest BCUT2D eigenvalue weighted by Gasteiger charge is -2.18. The monoisotopic (exact) mass is 761 g/mol. The number of allylic oxidation sites excluding steroid dienone is 1. The van der Waals surface area contributed by atoms with Gasteiger partial charge in [0.15, 0.2) is 5.76 Å². The summed E-state index contributed by atoms with van der Waals surface area (Å²) in [6, 6.07) is 9.79. The van der Waals surface area contributed by atoms with E-state index in [1.54, 1.807) is 13.8 Å². The van der Waals surface area contributed by atoms with Crippen LogP contribution in [-0.2, 0) is 35.1 Å². The Balaban J connectivity index is 0.000000224. The van der Waals surface area contributed by atoms with Crippen LogP contribution in [0.25, 0.3) is 0 Å². The number of hydroxylamine groups is 2. The van der Waals surface area contributed by atoms with Gasteiger partial charge in [-0.2, -0.15) is 0 Å². The number of aliphatic carboxylic acids is 1. The Kier molecular flexibility index (Phi) is 14.4. The SMILES string of the molecule is CC(C)=C1OC(=O)N(c2cc(OC3CCCC3)c(Cl)cc2F)C1=O.CC1(C)CON(Cc2ccccc2Cl)C1=O.O=C(O)CNCP(=O)(O)O. The van der Waals surface area contributed by atoms with Crippen LogP contribution in [0, 0.1) is 11.2 Å². The highest BCUT2D eigenvalue weighted by molar-refractivity contribution is 7.51. The van der Waals surface area contributed by atoms with Gasteiger partial charge in [-0.05, 0) is 76.6 Å². The van der Waals surface area contributed by atoms with Gasteiger partial charge in [0.05, 0.1) is 48.2 Å². The minimum absolute atomic E-state index is 0.00687. The average molecular weight is 763 g/mol. The van der Waals surface area contributed by atoms with Crippen molar-refractivity contribution in [2.24, 2.45) is 5.41 Å². The van der Waals surface area contributed by atoms with E-state index >= 15 is 0 Å². The molecular formula is C32H39Cl2FN3O11P. The number of halogens is 3. The number of hydrogen-bond acceptors (Lipinski definition) is 9. The first-order chi connectivity index (χ1) is 23.3. The highest BCUT2D eigenvalue weighted by Crippen LogP contribution is 2.38. The number of carbonyl (C=O) groups is 4. The highest BCUT2D eigenvalue weighted by Gasteiger charge is 2.41. The van der Waals surface area contributed by atoms with Crippen molar-refractivity contribution in [2.75, 3.05) is 24.3 Å². The fraction of sp³-hybridized carbons (Fsp3) is 0.438. The van der Waals surface area contributed by atoms with Crippen molar-refractivity contribution >= 4 is 60.4 Å². The van der Waals surface area contributed by atoms with Gasteiger partial charge < -0.3 is 24.4 Å². The summed E-state index contributed by atoms with van der Waals surface area (Å²) < 4.78 is 35.1. The zero-order chi connectivity index (χ0) is 37.4. The van der Waals surface area contributed by atoms with E-state index in [9.17, 15) is 28.1 Å². The summed E-state index contributed by atoms with van der Waals surface area (Å²) in [5.74, 6) is -2.47. The number of nitrogens with one attached hydrogen (secondary N) is 1. The Morgan fingerprint density at radius 3 is 2.26 bits per heavy atom. The molecule has 3 aliphatic rings. The fourth-order valence-electron chi connectivity index (χ4n) is 4.76. The summed E-state index contributed by atoms with van der Waals surface area (Å²) >= 11 is 12.1. The van der Waals surface area contributed by atoms with E-state index in [-0.39, 0.29) is 34.2 Å². The molecule has 3 amide bonds. The van der Waals surface area contributed by atoms with E-state index in [2.05, 4.69) is 5.32 Å². The summed E-state index contributed by atoms with van der Waals surface area (Å²) in [7, 11) is -4.10. The number of carboxylic acids is 1. The van der Waals surface area contributed by atoms with Gasteiger partial charge in [-0.1, -0.05) is 41.4 Å². The second kappa shape index (κ2) is 17.6. The van der Waals surface area contributed by atoms with E-state index in [4.69, 9.17) is 52.4 Å². The molecule has 1 aliphatic carbocycles. The van der Waals surface area contributed by atoms with Crippen LogP contribution in [0.3, 0.4) is 0 Å². The Labute approximate surface area is 298 Å². The molecule has 50 heavy (non-hydrogen) atoms. The second-order valence-electron chi connectivity index (χ2n) is 12.3. The molecule has 0 atom stereocenters. The van der Waals surface area contributed by atoms with Crippen molar-refractivity contribution in [2.45, 2.75) is 66.0 Å². The maximum atomic E-state index is 14.3. The van der Waals surface area contributed by atoms with E-state index in [1.165, 1.54) is 11.1 Å². The quantitative estimate of drug-likeness (QED) is 0.172. The number of rotatable bonds is 9. The lowest BCUT2D eigenvalue weighted by atomic mass is 9.95. The van der Waals surface area contributed by atoms with Gasteiger partial charge >= 0.3 is 25.6 Å². The van der Waals surface area contributed by atoms with Crippen molar-refractivity contribution < 1.29 is 57.3 Å². The number of anilines is 1. The number of benzene rings is 2. The molecule has 0 radical (unpaired) electrons. The van der Waals surface area contributed by atoms with E-state index < -0.39 is 49.6 Å². The predicted molar refractivity (Wildman–Crippen MR) is 181 cm³/mol. The first-order valence-electron chi connectivity index (χ1n) is 15.4. The van der Waals surface area contributed by atoms with Gasteiger partial charge in [0.2, 0.25) is 0 Å². The summed E-state index contributed by atoms with van der Waals surface area (Å²) in [5, 5.41) is 12.2. The number of ether oxygens (including phenoxy) is 2. The van der Waals surface area contributed by atoms with Crippen molar-refractivity contribution in [3.63, 3.8) is 0 Å². The van der Waals surface area contributed by atoms with Crippen LogP contribution in [0.15, 0.2) is 47.7 Å². The number of cyclic esters (lactones) is 1. The van der Waals surface area contributed by atoms with Gasteiger partial charge in [-0.25, -0.2) is 19.1 Å². The molecule has 2 heterocycles. The lowest BCUT2D eigenvalue weighted by Crippen LogP contribution is -2.30. The third-order valence-corrected chi connectivity index (χ3v) is 8.61. The zero-order valence-electron chi connectivity index (χ0n) is 27.8. The number of amides is 3. The number of imide groups is 1. The molecule has 1 saturated carbocycles. The minimum atomic E-state index is -4.10. The van der Waals surface area contributed by atoms with Crippen molar-refractivity contribution in [3.05, 3.63) is 69.2 Å². The third-order valence-electron chi connectivity index (χ3n) is 7.31. The van der Waals surface area contributed by atoms with Crippen LogP contribution in [0.5, 0.6) is 5.75 Å². The molecule has 4 N–H and O–H groups in total. The highest BCUT2D eigenvalue weighted by atomic mass is 35.5. The van der Waals surface area contributed by atoms with Crippen LogP contribution >= 0.6 is 30.8 Å². The Hall–Kier alpha value is -3.56. The molecule has 0 aromatic heterocycles. The third kappa shape index (κ3) is 11.5. The van der Waals surface area contributed by atoms with E-state index in [1.807, 2.05) is 38.1 Å². The number of carboxylic acid groups (broad SMARTS) is 1. The number of carbonyl (C=O) groups excluding carboxylic acids is 3. The molecule has 0 unspecified atom stereocenters. The van der Waals surface area contributed by atoms with E-state index in [0.29, 0.717) is 28.6 Å². The normalized spacial score (nSPS) is 17.2. The molecule has 0 bridgehead atoms. The summed E-state index contributed by atoms with van der Waals surface area (Å²) in [6.45, 7) is 7.42. The molecule has 5 rings (SSSR count). The van der Waals surface area contributed by atoms with Gasteiger partial charge in [0, 0.05) is 11.1 Å². The van der Waals surface area contributed by atoms with E-state index in [0.717, 1.165) is 37.3 Å². The lowest BCUT2D eigenvalue weighted by molar-refractivity contribution is -0.165. The Morgan fingerprint density at radius 2 is 1.74 bits per heavy atom. The molecule has 2 saturated heterocycles. The first-order valence-corrected chi connectivity index (χ1v) is 17.9. The number of hydrogen-bond donors (Lipinski definition) is 4. The molecule has 14 nitrogen and oxygen atoms in total. The zero-order valence-corrected chi connectivity index (χ0v) is 30.2. The average Bonchev–Trinajstić information content (AvgIpc) is 3.70. The largest absolute Gasteiger partial charge is 0.489 e. The molecule has 18 heteroatoms. The summed E-state index contributed by atoms with van der Waals surface area (Å²) in [5.41, 5.74) is 0.780. The standard InChI is InChI=1S/C17H17ClFNO4.C12H14ClNO2.C3H8NO5P/c1-9(2)15-16(21)20(17(22)24-15)13-8-14(11(18)7-12(13)19)23-10-5-3-4-6-10;1-12(2)8-16-14(11(12)15)7-9-5-3-4-6-10(9)13;5-3(6)1-4-2-10(7,8)9/h7-8,10H,3-6H2,1-2H3;3-6H,7-8H2,1-2H3;4H,1-2H2,(H,5,6)(H2,7,8,9). The summed E-state index contributed by atoms with van der Waals surface area (Å²) in [4.78, 5) is 68.4.